The van der Waals surface area contributed by atoms with Crippen LogP contribution in [0.3, 0.4) is 0 Å². The Bertz CT molecular complexity index is 1300. The molecule has 3 aromatic rings. The molecule has 0 aromatic heterocycles. The number of Topliss-reactive ketones (excluding diaryl/α,β-unsaturated/α-hetero) is 1. The molecular formula is C28H25NO5. The van der Waals surface area contributed by atoms with E-state index in [1.165, 1.54) is 0 Å². The standard InChI is InChI=1S/C28H25NO5/c1-31-23-11-10-18(12-24(23)32-15-17-6-3-2-4-7-17)27-19-13-25-26(34-16-33-25)14-21(19)29-20-8-5-9-22(30)28(20)27/h2-4,6-7,10-14,27,29H,5,8-9,15-16H2,1H3/t27-/m1/s1. The van der Waals surface area contributed by atoms with E-state index in [0.29, 0.717) is 30.3 Å². The number of carbonyl (C=O) groups is 1. The third kappa shape index (κ3) is 3.55. The third-order valence-electron chi connectivity index (χ3n) is 6.64. The molecular weight excluding hydrogens is 430 g/mol. The lowest BCUT2D eigenvalue weighted by atomic mass is 9.75. The molecule has 6 heteroatoms. The van der Waals surface area contributed by atoms with E-state index >= 15 is 0 Å². The monoisotopic (exact) mass is 455 g/mol. The number of ether oxygens (including phenoxy) is 4. The molecule has 6 rings (SSSR count). The van der Waals surface area contributed by atoms with E-state index < -0.39 is 0 Å². The van der Waals surface area contributed by atoms with Gasteiger partial charge >= 0.3 is 0 Å². The zero-order valence-electron chi connectivity index (χ0n) is 18.9. The molecule has 0 spiro atoms. The maximum absolute atomic E-state index is 13.2. The van der Waals surface area contributed by atoms with Crippen LogP contribution in [0.5, 0.6) is 23.0 Å². The highest BCUT2D eigenvalue weighted by Gasteiger charge is 2.37. The van der Waals surface area contributed by atoms with Gasteiger partial charge in [0, 0.05) is 35.4 Å². The Kier molecular flexibility index (Phi) is 5.13. The highest BCUT2D eigenvalue weighted by Crippen LogP contribution is 2.50. The molecule has 6 nitrogen and oxygen atoms in total. The molecule has 0 saturated heterocycles. The highest BCUT2D eigenvalue weighted by atomic mass is 16.7. The normalized spacial score (nSPS) is 18.1. The first-order valence-corrected chi connectivity index (χ1v) is 11.5. The minimum atomic E-state index is -0.224. The lowest BCUT2D eigenvalue weighted by Gasteiger charge is -2.34. The number of rotatable bonds is 5. The van der Waals surface area contributed by atoms with Gasteiger partial charge in [0.1, 0.15) is 6.61 Å². The summed E-state index contributed by atoms with van der Waals surface area (Å²) in [7, 11) is 1.64. The number of allylic oxidation sites excluding steroid dienone is 2. The van der Waals surface area contributed by atoms with Crippen LogP contribution in [0, 0.1) is 0 Å². The summed E-state index contributed by atoms with van der Waals surface area (Å²) in [5.41, 5.74) is 5.82. The second-order valence-electron chi connectivity index (χ2n) is 8.70. The van der Waals surface area contributed by atoms with E-state index in [1.807, 2.05) is 60.7 Å². The second-order valence-corrected chi connectivity index (χ2v) is 8.70. The smallest absolute Gasteiger partial charge is 0.231 e. The molecule has 172 valence electrons. The summed E-state index contributed by atoms with van der Waals surface area (Å²) >= 11 is 0. The van der Waals surface area contributed by atoms with Gasteiger partial charge in [0.25, 0.3) is 0 Å². The van der Waals surface area contributed by atoms with Crippen molar-refractivity contribution in [3.63, 3.8) is 0 Å². The summed E-state index contributed by atoms with van der Waals surface area (Å²) in [6, 6.07) is 19.9. The zero-order chi connectivity index (χ0) is 23.1. The first-order chi connectivity index (χ1) is 16.7. The van der Waals surface area contributed by atoms with Gasteiger partial charge in [0.2, 0.25) is 6.79 Å². The Morgan fingerprint density at radius 2 is 1.79 bits per heavy atom. The number of hydrogen-bond donors (Lipinski definition) is 1. The molecule has 0 fully saturated rings. The minimum absolute atomic E-state index is 0.185. The summed E-state index contributed by atoms with van der Waals surface area (Å²) in [6.07, 6.45) is 2.26. The van der Waals surface area contributed by atoms with Crippen molar-refractivity contribution in [3.8, 4) is 23.0 Å². The first kappa shape index (κ1) is 20.7. The number of carbonyl (C=O) groups excluding carboxylic acids is 1. The van der Waals surface area contributed by atoms with Gasteiger partial charge in [-0.25, -0.2) is 0 Å². The SMILES string of the molecule is COc1ccc([C@H]2C3=C(CCCC3=O)Nc3cc4c(cc32)OCO4)cc1OCc1ccccc1. The van der Waals surface area contributed by atoms with Gasteiger partial charge in [-0.3, -0.25) is 4.79 Å². The predicted molar refractivity (Wildman–Crippen MR) is 128 cm³/mol. The van der Waals surface area contributed by atoms with Crippen LogP contribution in [-0.2, 0) is 11.4 Å². The Hall–Kier alpha value is -3.93. The van der Waals surface area contributed by atoms with Crippen LogP contribution in [0.15, 0.2) is 71.9 Å². The Morgan fingerprint density at radius 3 is 2.62 bits per heavy atom. The lowest BCUT2D eigenvalue weighted by molar-refractivity contribution is -0.116. The van der Waals surface area contributed by atoms with Crippen molar-refractivity contribution < 1.29 is 23.7 Å². The maximum atomic E-state index is 13.2. The van der Waals surface area contributed by atoms with Crippen LogP contribution in [0.4, 0.5) is 5.69 Å². The average molecular weight is 456 g/mol. The quantitative estimate of drug-likeness (QED) is 0.543. The summed E-state index contributed by atoms with van der Waals surface area (Å²) in [5.74, 6) is 2.69. The van der Waals surface area contributed by atoms with Gasteiger partial charge in [0.15, 0.2) is 28.8 Å². The van der Waals surface area contributed by atoms with E-state index in [4.69, 9.17) is 18.9 Å². The summed E-state index contributed by atoms with van der Waals surface area (Å²) in [5, 5.41) is 3.51. The molecule has 1 aliphatic carbocycles. The topological polar surface area (TPSA) is 66.0 Å². The van der Waals surface area contributed by atoms with Crippen LogP contribution < -0.4 is 24.3 Å². The molecule has 0 radical (unpaired) electrons. The van der Waals surface area contributed by atoms with Crippen molar-refractivity contribution >= 4 is 11.5 Å². The fourth-order valence-corrected chi connectivity index (χ4v) is 5.02. The molecule has 2 aliphatic heterocycles. The summed E-state index contributed by atoms with van der Waals surface area (Å²) in [4.78, 5) is 13.2. The third-order valence-corrected chi connectivity index (χ3v) is 6.64. The van der Waals surface area contributed by atoms with Crippen molar-refractivity contribution in [1.82, 2.24) is 0 Å². The van der Waals surface area contributed by atoms with Gasteiger partial charge in [0.05, 0.1) is 7.11 Å². The van der Waals surface area contributed by atoms with Crippen molar-refractivity contribution in [2.75, 3.05) is 19.2 Å². The molecule has 0 unspecified atom stereocenters. The maximum Gasteiger partial charge on any atom is 0.231 e. The Labute approximate surface area is 198 Å². The number of benzene rings is 3. The lowest BCUT2D eigenvalue weighted by Crippen LogP contribution is -2.26. The van der Waals surface area contributed by atoms with Crippen LogP contribution in [-0.4, -0.2) is 19.7 Å². The number of ketones is 1. The molecule has 1 atom stereocenters. The van der Waals surface area contributed by atoms with E-state index in [2.05, 4.69) is 5.32 Å². The Balaban J connectivity index is 1.44. The number of nitrogens with one attached hydrogen (secondary N) is 1. The van der Waals surface area contributed by atoms with E-state index in [0.717, 1.165) is 52.2 Å². The molecule has 0 saturated carbocycles. The number of anilines is 1. The van der Waals surface area contributed by atoms with Gasteiger partial charge in [-0.1, -0.05) is 36.4 Å². The first-order valence-electron chi connectivity index (χ1n) is 11.5. The van der Waals surface area contributed by atoms with Gasteiger partial charge in [-0.2, -0.15) is 0 Å². The van der Waals surface area contributed by atoms with Crippen molar-refractivity contribution in [2.45, 2.75) is 31.8 Å². The van der Waals surface area contributed by atoms with Crippen LogP contribution in [0.2, 0.25) is 0 Å². The predicted octanol–water partition coefficient (Wildman–Crippen LogP) is 5.57. The molecule has 3 aliphatic rings. The van der Waals surface area contributed by atoms with Crippen LogP contribution in [0.1, 0.15) is 41.9 Å². The van der Waals surface area contributed by atoms with E-state index in [1.54, 1.807) is 7.11 Å². The summed E-state index contributed by atoms with van der Waals surface area (Å²) in [6.45, 7) is 0.629. The molecule has 1 N–H and O–H groups in total. The minimum Gasteiger partial charge on any atom is -0.493 e. The number of hydrogen-bond acceptors (Lipinski definition) is 6. The Morgan fingerprint density at radius 1 is 0.971 bits per heavy atom. The van der Waals surface area contributed by atoms with Crippen LogP contribution >= 0.6 is 0 Å². The van der Waals surface area contributed by atoms with Crippen molar-refractivity contribution in [3.05, 3.63) is 88.6 Å². The highest BCUT2D eigenvalue weighted by molar-refractivity contribution is 6.01. The fourth-order valence-electron chi connectivity index (χ4n) is 5.02. The van der Waals surface area contributed by atoms with Crippen molar-refractivity contribution in [1.29, 1.82) is 0 Å². The molecule has 2 heterocycles. The number of methoxy groups -OCH3 is 1. The fraction of sp³-hybridized carbons (Fsp3) is 0.250. The van der Waals surface area contributed by atoms with E-state index in [9.17, 15) is 4.79 Å². The molecule has 0 bridgehead atoms. The molecule has 0 amide bonds. The van der Waals surface area contributed by atoms with E-state index in [-0.39, 0.29) is 18.5 Å². The van der Waals surface area contributed by atoms with Gasteiger partial charge < -0.3 is 24.3 Å². The van der Waals surface area contributed by atoms with Gasteiger partial charge in [-0.15, -0.1) is 0 Å². The second kappa shape index (κ2) is 8.45. The molecule has 3 aromatic carbocycles. The van der Waals surface area contributed by atoms with Crippen LogP contribution in [0.25, 0.3) is 0 Å². The zero-order valence-corrected chi connectivity index (χ0v) is 18.9. The van der Waals surface area contributed by atoms with Gasteiger partial charge in [-0.05, 0) is 47.7 Å². The largest absolute Gasteiger partial charge is 0.493 e. The molecule has 34 heavy (non-hydrogen) atoms. The summed E-state index contributed by atoms with van der Waals surface area (Å²) < 4.78 is 23.0. The number of fused-ring (bicyclic) bond motifs is 2. The van der Waals surface area contributed by atoms with Crippen molar-refractivity contribution in [2.24, 2.45) is 0 Å². The average Bonchev–Trinajstić information content (AvgIpc) is 3.33.